The fourth-order valence-electron chi connectivity index (χ4n) is 2.12. The molecule has 3 rings (SSSR count). The molecule has 1 aliphatic carbocycles. The van der Waals surface area contributed by atoms with Crippen molar-refractivity contribution in [3.8, 4) is 0 Å². The minimum Gasteiger partial charge on any atom is -0.293 e. The van der Waals surface area contributed by atoms with E-state index in [9.17, 15) is 9.18 Å². The predicted molar refractivity (Wildman–Crippen MR) is 72.5 cm³/mol. The van der Waals surface area contributed by atoms with E-state index in [1.54, 1.807) is 23.9 Å². The summed E-state index contributed by atoms with van der Waals surface area (Å²) in [6, 6.07) is 6.18. The van der Waals surface area contributed by atoms with Crippen molar-refractivity contribution in [3.05, 3.63) is 64.9 Å². The second-order valence-electron chi connectivity index (χ2n) is 4.30. The molecule has 1 aromatic carbocycles. The van der Waals surface area contributed by atoms with Crippen molar-refractivity contribution in [2.24, 2.45) is 5.92 Å². The van der Waals surface area contributed by atoms with E-state index >= 15 is 0 Å². The monoisotopic (exact) mass is 258 g/mol. The summed E-state index contributed by atoms with van der Waals surface area (Å²) in [6.45, 7) is 0. The number of carbonyl (C=O) groups is 1. The molecule has 1 heterocycles. The van der Waals surface area contributed by atoms with Crippen LogP contribution in [0.4, 0.5) is 4.39 Å². The molecule has 90 valence electrons. The summed E-state index contributed by atoms with van der Waals surface area (Å²) in [5.74, 6) is -0.135. The molecule has 2 aliphatic rings. The number of rotatable bonds is 1. The lowest BCUT2D eigenvalue weighted by Gasteiger charge is -2.10. The van der Waals surface area contributed by atoms with E-state index in [1.807, 2.05) is 24.3 Å². The Morgan fingerprint density at radius 1 is 1.11 bits per heavy atom. The minimum absolute atomic E-state index is 0.0355. The van der Waals surface area contributed by atoms with E-state index in [0.717, 1.165) is 10.5 Å². The molecule has 1 aliphatic heterocycles. The van der Waals surface area contributed by atoms with E-state index in [4.69, 9.17) is 0 Å². The Balaban J connectivity index is 1.89. The maximum atomic E-state index is 12.8. The van der Waals surface area contributed by atoms with Crippen LogP contribution in [-0.2, 0) is 4.79 Å². The number of ketones is 1. The van der Waals surface area contributed by atoms with Gasteiger partial charge in [0, 0.05) is 5.25 Å². The van der Waals surface area contributed by atoms with Crippen LogP contribution >= 0.6 is 11.8 Å². The summed E-state index contributed by atoms with van der Waals surface area (Å²) in [5.41, 5.74) is 0.860. The first kappa shape index (κ1) is 11.5. The van der Waals surface area contributed by atoms with Crippen LogP contribution in [0.15, 0.2) is 53.5 Å². The van der Waals surface area contributed by atoms with Crippen LogP contribution in [0.2, 0.25) is 0 Å². The van der Waals surface area contributed by atoms with E-state index in [0.29, 0.717) is 0 Å². The van der Waals surface area contributed by atoms with Gasteiger partial charge in [0.05, 0.1) is 10.8 Å². The molecule has 18 heavy (non-hydrogen) atoms. The highest BCUT2D eigenvalue weighted by Crippen LogP contribution is 2.42. The number of benzene rings is 1. The van der Waals surface area contributed by atoms with Crippen molar-refractivity contribution < 1.29 is 9.18 Å². The Labute approximate surface area is 109 Å². The second-order valence-corrected chi connectivity index (χ2v) is 5.52. The average Bonchev–Trinajstić information content (AvgIpc) is 2.70. The standard InChI is InChI=1S/C15H11FOS/c16-11-7-5-10(6-8-11)9-14-15(17)12-3-1-2-4-13(12)18-14/h1-9,12-13H/b14-9+. The Morgan fingerprint density at radius 3 is 2.56 bits per heavy atom. The molecule has 0 aromatic heterocycles. The van der Waals surface area contributed by atoms with Gasteiger partial charge in [-0.05, 0) is 23.8 Å². The van der Waals surface area contributed by atoms with Crippen LogP contribution < -0.4 is 0 Å². The summed E-state index contributed by atoms with van der Waals surface area (Å²) in [6.07, 6.45) is 9.74. The maximum absolute atomic E-state index is 12.8. The van der Waals surface area contributed by atoms with Crippen molar-refractivity contribution in [3.63, 3.8) is 0 Å². The molecule has 2 atom stereocenters. The summed E-state index contributed by atoms with van der Waals surface area (Å²) < 4.78 is 12.8. The molecule has 3 heteroatoms. The first-order chi connectivity index (χ1) is 8.74. The van der Waals surface area contributed by atoms with E-state index in [-0.39, 0.29) is 22.8 Å². The normalized spacial score (nSPS) is 27.8. The third-order valence-corrected chi connectivity index (χ3v) is 4.36. The number of fused-ring (bicyclic) bond motifs is 1. The molecule has 1 fully saturated rings. The Hall–Kier alpha value is -1.61. The molecule has 1 nitrogen and oxygen atoms in total. The number of allylic oxidation sites excluding steroid dienone is 4. The van der Waals surface area contributed by atoms with Gasteiger partial charge in [-0.1, -0.05) is 36.4 Å². The Bertz CT molecular complexity index is 569. The van der Waals surface area contributed by atoms with E-state index in [1.165, 1.54) is 12.1 Å². The lowest BCUT2D eigenvalue weighted by Crippen LogP contribution is -2.15. The second kappa shape index (κ2) is 4.58. The molecule has 0 spiro atoms. The lowest BCUT2D eigenvalue weighted by molar-refractivity contribution is -0.116. The van der Waals surface area contributed by atoms with Crippen molar-refractivity contribution in [1.29, 1.82) is 0 Å². The van der Waals surface area contributed by atoms with Crippen LogP contribution in [-0.4, -0.2) is 11.0 Å². The number of thioether (sulfide) groups is 1. The summed E-state index contributed by atoms with van der Waals surface area (Å²) in [5, 5.41) is 0.217. The van der Waals surface area contributed by atoms with Crippen molar-refractivity contribution in [2.45, 2.75) is 5.25 Å². The molecule has 0 bridgehead atoms. The molecule has 0 N–H and O–H groups in total. The highest BCUT2D eigenvalue weighted by molar-refractivity contribution is 8.05. The number of Topliss-reactive ketones (excluding diaryl/α,β-unsaturated/α-hetero) is 1. The zero-order chi connectivity index (χ0) is 12.5. The highest BCUT2D eigenvalue weighted by Gasteiger charge is 2.36. The molecule has 2 unspecified atom stereocenters. The number of hydrogen-bond acceptors (Lipinski definition) is 2. The molecule has 0 radical (unpaired) electrons. The highest BCUT2D eigenvalue weighted by atomic mass is 32.2. The molecule has 0 amide bonds. The SMILES string of the molecule is O=C1/C(=C\c2ccc(F)cc2)SC2C=CC=CC12. The number of carbonyl (C=O) groups excluding carboxylic acids is 1. The lowest BCUT2D eigenvalue weighted by atomic mass is 9.95. The largest absolute Gasteiger partial charge is 0.293 e. The molecular weight excluding hydrogens is 247 g/mol. The quantitative estimate of drug-likeness (QED) is 0.716. The van der Waals surface area contributed by atoms with E-state index < -0.39 is 0 Å². The predicted octanol–water partition coefficient (Wildman–Crippen LogP) is 3.59. The maximum Gasteiger partial charge on any atom is 0.177 e. The summed E-state index contributed by atoms with van der Waals surface area (Å²) in [4.78, 5) is 12.9. The molecular formula is C15H11FOS. The molecule has 0 saturated carbocycles. The van der Waals surface area contributed by atoms with Gasteiger partial charge in [-0.15, -0.1) is 11.8 Å². The average molecular weight is 258 g/mol. The first-order valence-corrected chi connectivity index (χ1v) is 6.65. The van der Waals surface area contributed by atoms with Crippen LogP contribution in [0.1, 0.15) is 5.56 Å². The fourth-order valence-corrected chi connectivity index (χ4v) is 3.40. The zero-order valence-electron chi connectivity index (χ0n) is 9.55. The summed E-state index contributed by atoms with van der Waals surface area (Å²) >= 11 is 1.58. The third-order valence-electron chi connectivity index (χ3n) is 3.06. The van der Waals surface area contributed by atoms with E-state index in [2.05, 4.69) is 6.08 Å². The minimum atomic E-state index is -0.262. The van der Waals surface area contributed by atoms with Gasteiger partial charge in [-0.3, -0.25) is 4.79 Å². The van der Waals surface area contributed by atoms with Crippen molar-refractivity contribution >= 4 is 23.6 Å². The van der Waals surface area contributed by atoms with Gasteiger partial charge in [0.1, 0.15) is 5.82 Å². The molecule has 1 saturated heterocycles. The smallest absolute Gasteiger partial charge is 0.177 e. The Morgan fingerprint density at radius 2 is 1.83 bits per heavy atom. The van der Waals surface area contributed by atoms with Gasteiger partial charge < -0.3 is 0 Å². The molecule has 1 aromatic rings. The van der Waals surface area contributed by atoms with Crippen LogP contribution in [0.5, 0.6) is 0 Å². The summed E-state index contributed by atoms with van der Waals surface area (Å²) in [7, 11) is 0. The van der Waals surface area contributed by atoms with Crippen molar-refractivity contribution in [2.75, 3.05) is 0 Å². The van der Waals surface area contributed by atoms with Gasteiger partial charge in [0.15, 0.2) is 5.78 Å². The number of halogens is 1. The van der Waals surface area contributed by atoms with Gasteiger partial charge in [0.25, 0.3) is 0 Å². The van der Waals surface area contributed by atoms with Gasteiger partial charge in [-0.2, -0.15) is 0 Å². The topological polar surface area (TPSA) is 17.1 Å². The zero-order valence-corrected chi connectivity index (χ0v) is 10.4. The third kappa shape index (κ3) is 2.06. The van der Waals surface area contributed by atoms with Gasteiger partial charge in [0.2, 0.25) is 0 Å². The van der Waals surface area contributed by atoms with Crippen molar-refractivity contribution in [1.82, 2.24) is 0 Å². The van der Waals surface area contributed by atoms with Crippen LogP contribution in [0, 0.1) is 11.7 Å². The van der Waals surface area contributed by atoms with Crippen LogP contribution in [0.3, 0.4) is 0 Å². The van der Waals surface area contributed by atoms with Gasteiger partial charge in [-0.25, -0.2) is 4.39 Å². The fraction of sp³-hybridized carbons (Fsp3) is 0.133. The Kier molecular flexibility index (Phi) is 2.92. The first-order valence-electron chi connectivity index (χ1n) is 5.77. The number of hydrogen-bond donors (Lipinski definition) is 0. The van der Waals surface area contributed by atoms with Crippen LogP contribution in [0.25, 0.3) is 6.08 Å². The van der Waals surface area contributed by atoms with Gasteiger partial charge >= 0.3 is 0 Å².